The molecule has 100 valence electrons. The third-order valence-corrected chi connectivity index (χ3v) is 3.78. The third-order valence-electron chi connectivity index (χ3n) is 3.29. The Hall–Kier alpha value is -1.16. The highest BCUT2D eigenvalue weighted by Gasteiger charge is 2.10. The van der Waals surface area contributed by atoms with E-state index < -0.39 is 0 Å². The molecule has 3 N–H and O–H groups in total. The van der Waals surface area contributed by atoms with Crippen molar-refractivity contribution in [2.75, 3.05) is 0 Å². The molecular formula is C16H19BrN2. The van der Waals surface area contributed by atoms with Gasteiger partial charge in [-0.3, -0.25) is 11.3 Å². The summed E-state index contributed by atoms with van der Waals surface area (Å²) in [7, 11) is 0. The Bertz CT molecular complexity index is 592. The van der Waals surface area contributed by atoms with Crippen LogP contribution in [0.3, 0.4) is 0 Å². The summed E-state index contributed by atoms with van der Waals surface area (Å²) >= 11 is 3.49. The van der Waals surface area contributed by atoms with E-state index in [1.165, 1.54) is 21.9 Å². The van der Waals surface area contributed by atoms with Crippen molar-refractivity contribution in [2.45, 2.75) is 25.8 Å². The Morgan fingerprint density at radius 1 is 1.26 bits per heavy atom. The summed E-state index contributed by atoms with van der Waals surface area (Å²) < 4.78 is 1.10. The van der Waals surface area contributed by atoms with E-state index >= 15 is 0 Å². The largest absolute Gasteiger partial charge is 0.271 e. The van der Waals surface area contributed by atoms with Crippen molar-refractivity contribution in [1.29, 1.82) is 0 Å². The number of rotatable bonds is 5. The maximum atomic E-state index is 5.67. The van der Waals surface area contributed by atoms with E-state index in [9.17, 15) is 0 Å². The number of halogens is 1. The van der Waals surface area contributed by atoms with E-state index in [1.54, 1.807) is 0 Å². The number of nitrogens with two attached hydrogens (primary N) is 1. The highest BCUT2D eigenvalue weighted by atomic mass is 79.9. The quantitative estimate of drug-likeness (QED) is 0.485. The highest BCUT2D eigenvalue weighted by molar-refractivity contribution is 9.10. The number of benzene rings is 2. The summed E-state index contributed by atoms with van der Waals surface area (Å²) in [5.41, 5.74) is 5.31. The minimum atomic E-state index is 0.171. The van der Waals surface area contributed by atoms with Crippen molar-refractivity contribution in [2.24, 2.45) is 5.84 Å². The molecular weight excluding hydrogens is 300 g/mol. The van der Waals surface area contributed by atoms with E-state index in [4.69, 9.17) is 5.84 Å². The summed E-state index contributed by atoms with van der Waals surface area (Å²) in [5, 5.41) is 2.46. The zero-order chi connectivity index (χ0) is 13.8. The third kappa shape index (κ3) is 3.66. The maximum absolute atomic E-state index is 5.67. The molecule has 2 aromatic carbocycles. The predicted molar refractivity (Wildman–Crippen MR) is 85.8 cm³/mol. The Balaban J connectivity index is 2.28. The Labute approximate surface area is 122 Å². The topological polar surface area (TPSA) is 38.0 Å². The molecule has 0 amide bonds. The molecule has 0 spiro atoms. The van der Waals surface area contributed by atoms with Crippen LogP contribution in [0.2, 0.25) is 0 Å². The van der Waals surface area contributed by atoms with Gasteiger partial charge in [0.2, 0.25) is 0 Å². The molecule has 0 fully saturated rings. The lowest BCUT2D eigenvalue weighted by atomic mass is 9.98. The number of hydrazine groups is 1. The minimum absolute atomic E-state index is 0.171. The van der Waals surface area contributed by atoms with E-state index in [1.807, 2.05) is 6.92 Å². The van der Waals surface area contributed by atoms with Crippen LogP contribution in [0.1, 0.15) is 31.4 Å². The summed E-state index contributed by atoms with van der Waals surface area (Å²) in [6.07, 6.45) is 1.95. The lowest BCUT2D eigenvalue weighted by Gasteiger charge is -2.17. The van der Waals surface area contributed by atoms with Crippen LogP contribution in [0.4, 0.5) is 0 Å². The van der Waals surface area contributed by atoms with Crippen molar-refractivity contribution < 1.29 is 0 Å². The van der Waals surface area contributed by atoms with Crippen molar-refractivity contribution in [3.05, 3.63) is 58.6 Å². The number of fused-ring (bicyclic) bond motifs is 1. The molecule has 1 atom stereocenters. The van der Waals surface area contributed by atoms with Gasteiger partial charge in [0.15, 0.2) is 0 Å². The monoisotopic (exact) mass is 318 g/mol. The molecule has 3 heteroatoms. The van der Waals surface area contributed by atoms with Gasteiger partial charge in [0.25, 0.3) is 0 Å². The number of nitrogens with one attached hydrogen (secondary N) is 1. The van der Waals surface area contributed by atoms with Crippen LogP contribution < -0.4 is 11.3 Å². The molecule has 2 nitrogen and oxygen atoms in total. The number of allylic oxidation sites excluding steroid dienone is 1. The standard InChI is InChI=1S/C16H19BrN2/c1-11(2)3-8-16(19-18)14-5-4-13-10-15(17)7-6-12(13)9-14/h4-7,9-10,16,19H,1,3,8,18H2,2H3. The van der Waals surface area contributed by atoms with Gasteiger partial charge in [-0.15, -0.1) is 6.58 Å². The molecule has 0 heterocycles. The van der Waals surface area contributed by atoms with Gasteiger partial charge in [0.1, 0.15) is 0 Å². The minimum Gasteiger partial charge on any atom is -0.271 e. The predicted octanol–water partition coefficient (Wildman–Crippen LogP) is 4.46. The molecule has 0 saturated carbocycles. The second-order valence-corrected chi connectivity index (χ2v) is 5.88. The van der Waals surface area contributed by atoms with Crippen molar-refractivity contribution in [1.82, 2.24) is 5.43 Å². The van der Waals surface area contributed by atoms with E-state index in [0.717, 1.165) is 17.3 Å². The molecule has 0 bridgehead atoms. The lowest BCUT2D eigenvalue weighted by Crippen LogP contribution is -2.28. The first-order valence-electron chi connectivity index (χ1n) is 6.40. The average molecular weight is 319 g/mol. The van der Waals surface area contributed by atoms with Gasteiger partial charge in [-0.05, 0) is 54.3 Å². The van der Waals surface area contributed by atoms with Gasteiger partial charge in [-0.25, -0.2) is 0 Å². The highest BCUT2D eigenvalue weighted by Crippen LogP contribution is 2.25. The van der Waals surface area contributed by atoms with Crippen LogP contribution in [0, 0.1) is 0 Å². The van der Waals surface area contributed by atoms with E-state index in [-0.39, 0.29) is 6.04 Å². The Kier molecular flexibility index (Phi) is 4.75. The molecule has 2 rings (SSSR count). The Morgan fingerprint density at radius 3 is 2.63 bits per heavy atom. The zero-order valence-electron chi connectivity index (χ0n) is 11.1. The SMILES string of the molecule is C=C(C)CCC(NN)c1ccc2cc(Br)ccc2c1. The molecule has 1 unspecified atom stereocenters. The normalized spacial score (nSPS) is 12.6. The van der Waals surface area contributed by atoms with Gasteiger partial charge in [-0.1, -0.05) is 39.7 Å². The molecule has 19 heavy (non-hydrogen) atoms. The molecule has 0 saturated heterocycles. The molecule has 0 aliphatic carbocycles. The van der Waals surface area contributed by atoms with Crippen LogP contribution in [0.15, 0.2) is 53.0 Å². The first kappa shape index (κ1) is 14.3. The second kappa shape index (κ2) is 6.33. The molecule has 0 aliphatic heterocycles. The van der Waals surface area contributed by atoms with Gasteiger partial charge in [-0.2, -0.15) is 0 Å². The fourth-order valence-corrected chi connectivity index (χ4v) is 2.57. The van der Waals surface area contributed by atoms with Gasteiger partial charge in [0, 0.05) is 10.5 Å². The molecule has 0 radical (unpaired) electrons. The van der Waals surface area contributed by atoms with Crippen LogP contribution in [-0.2, 0) is 0 Å². The first-order valence-corrected chi connectivity index (χ1v) is 7.19. The smallest absolute Gasteiger partial charge is 0.0463 e. The summed E-state index contributed by atoms with van der Waals surface area (Å²) in [5.74, 6) is 5.67. The first-order chi connectivity index (χ1) is 9.10. The molecule has 0 aliphatic rings. The van der Waals surface area contributed by atoms with E-state index in [0.29, 0.717) is 0 Å². The van der Waals surface area contributed by atoms with Crippen LogP contribution in [0.25, 0.3) is 10.8 Å². The Morgan fingerprint density at radius 2 is 1.95 bits per heavy atom. The van der Waals surface area contributed by atoms with E-state index in [2.05, 4.69) is 64.3 Å². The zero-order valence-corrected chi connectivity index (χ0v) is 12.7. The fraction of sp³-hybridized carbons (Fsp3) is 0.250. The van der Waals surface area contributed by atoms with Crippen molar-refractivity contribution in [3.63, 3.8) is 0 Å². The van der Waals surface area contributed by atoms with Crippen LogP contribution in [0.5, 0.6) is 0 Å². The number of hydrogen-bond acceptors (Lipinski definition) is 2. The van der Waals surface area contributed by atoms with Gasteiger partial charge in [0.05, 0.1) is 0 Å². The maximum Gasteiger partial charge on any atom is 0.0463 e. The summed E-state index contributed by atoms with van der Waals surface area (Å²) in [6.45, 7) is 5.99. The van der Waals surface area contributed by atoms with Crippen molar-refractivity contribution in [3.8, 4) is 0 Å². The van der Waals surface area contributed by atoms with Gasteiger partial charge >= 0.3 is 0 Å². The van der Waals surface area contributed by atoms with Crippen LogP contribution in [-0.4, -0.2) is 0 Å². The molecule has 0 aromatic heterocycles. The average Bonchev–Trinajstić information content (AvgIpc) is 2.39. The number of hydrogen-bond donors (Lipinski definition) is 2. The molecule has 2 aromatic rings. The summed E-state index contributed by atoms with van der Waals surface area (Å²) in [6, 6.07) is 12.9. The van der Waals surface area contributed by atoms with Crippen LogP contribution >= 0.6 is 15.9 Å². The van der Waals surface area contributed by atoms with Gasteiger partial charge < -0.3 is 0 Å². The summed E-state index contributed by atoms with van der Waals surface area (Å²) in [4.78, 5) is 0. The lowest BCUT2D eigenvalue weighted by molar-refractivity contribution is 0.516. The van der Waals surface area contributed by atoms with Crippen molar-refractivity contribution >= 4 is 26.7 Å². The fourth-order valence-electron chi connectivity index (χ4n) is 2.19. The second-order valence-electron chi connectivity index (χ2n) is 4.97.